The van der Waals surface area contributed by atoms with Crippen LogP contribution in [0.15, 0.2) is 18.5 Å². The molecule has 0 aromatic carbocycles. The lowest BCUT2D eigenvalue weighted by molar-refractivity contribution is 0.303. The first-order chi connectivity index (χ1) is 7.88. The Kier molecular flexibility index (Phi) is 4.03. The fraction of sp³-hybridized carbons (Fsp3) is 0.615. The summed E-state index contributed by atoms with van der Waals surface area (Å²) in [4.78, 5) is 4.21. The summed E-state index contributed by atoms with van der Waals surface area (Å²) in [5.74, 6) is 0.970. The molecule has 2 rings (SSSR count). The molecule has 3 heteroatoms. The second kappa shape index (κ2) is 5.73. The maximum Gasteiger partial charge on any atom is 0.0547 e. The first kappa shape index (κ1) is 11.2. The minimum atomic E-state index is 0.938. The van der Waals surface area contributed by atoms with Crippen LogP contribution in [0, 0.1) is 5.92 Å². The van der Waals surface area contributed by atoms with Gasteiger partial charge < -0.3 is 10.6 Å². The van der Waals surface area contributed by atoms with Crippen LogP contribution in [0.1, 0.15) is 32.6 Å². The number of hydrogen-bond acceptors (Lipinski definition) is 3. The van der Waals surface area contributed by atoms with Gasteiger partial charge in [-0.2, -0.15) is 0 Å². The Hall–Kier alpha value is -1.25. The molecule has 0 unspecified atom stereocenters. The molecule has 0 radical (unpaired) electrons. The lowest BCUT2D eigenvalue weighted by Gasteiger charge is -2.25. The van der Waals surface area contributed by atoms with Crippen LogP contribution in [-0.2, 0) is 0 Å². The minimum Gasteiger partial charge on any atom is -0.384 e. The van der Waals surface area contributed by atoms with Gasteiger partial charge in [-0.1, -0.05) is 19.3 Å². The highest BCUT2D eigenvalue weighted by Crippen LogP contribution is 2.29. The number of anilines is 2. The molecule has 0 bridgehead atoms. The van der Waals surface area contributed by atoms with E-state index in [0.29, 0.717) is 0 Å². The Bertz CT molecular complexity index is 321. The molecule has 0 spiro atoms. The molecule has 1 heterocycles. The quantitative estimate of drug-likeness (QED) is 0.772. The Morgan fingerprint density at radius 3 is 2.62 bits per heavy atom. The van der Waals surface area contributed by atoms with Gasteiger partial charge in [0, 0.05) is 13.1 Å². The molecule has 3 nitrogen and oxygen atoms in total. The molecule has 88 valence electrons. The SMILES string of the molecule is CCNc1cncc(NCCC2CCC2)c1. The van der Waals surface area contributed by atoms with Crippen LogP contribution in [0.2, 0.25) is 0 Å². The van der Waals surface area contributed by atoms with Gasteiger partial charge in [0.15, 0.2) is 0 Å². The van der Waals surface area contributed by atoms with E-state index >= 15 is 0 Å². The largest absolute Gasteiger partial charge is 0.384 e. The van der Waals surface area contributed by atoms with Crippen molar-refractivity contribution in [1.29, 1.82) is 0 Å². The van der Waals surface area contributed by atoms with Crippen molar-refractivity contribution in [3.05, 3.63) is 18.5 Å². The molecular formula is C13H21N3. The monoisotopic (exact) mass is 219 g/mol. The molecule has 0 amide bonds. The lowest BCUT2D eigenvalue weighted by atomic mass is 9.83. The van der Waals surface area contributed by atoms with Gasteiger partial charge >= 0.3 is 0 Å². The third kappa shape index (κ3) is 3.12. The van der Waals surface area contributed by atoms with E-state index in [-0.39, 0.29) is 0 Å². The molecule has 2 N–H and O–H groups in total. The molecule has 0 aliphatic heterocycles. The van der Waals surface area contributed by atoms with E-state index in [1.807, 2.05) is 12.4 Å². The average Bonchev–Trinajstić information content (AvgIpc) is 2.23. The standard InChI is InChI=1S/C13H21N3/c1-2-15-12-8-13(10-14-9-12)16-7-6-11-4-3-5-11/h8-11,15-16H,2-7H2,1H3. The van der Waals surface area contributed by atoms with Crippen LogP contribution in [0.3, 0.4) is 0 Å². The van der Waals surface area contributed by atoms with Gasteiger partial charge in [-0.3, -0.25) is 4.98 Å². The molecule has 1 saturated carbocycles. The molecule has 0 saturated heterocycles. The van der Waals surface area contributed by atoms with E-state index in [1.54, 1.807) is 0 Å². The van der Waals surface area contributed by atoms with Crippen molar-refractivity contribution in [3.8, 4) is 0 Å². The van der Waals surface area contributed by atoms with E-state index in [4.69, 9.17) is 0 Å². The fourth-order valence-corrected chi connectivity index (χ4v) is 2.04. The summed E-state index contributed by atoms with van der Waals surface area (Å²) in [6, 6.07) is 2.12. The summed E-state index contributed by atoms with van der Waals surface area (Å²) < 4.78 is 0. The first-order valence-corrected chi connectivity index (χ1v) is 6.31. The van der Waals surface area contributed by atoms with Crippen molar-refractivity contribution in [3.63, 3.8) is 0 Å². The normalized spacial score (nSPS) is 15.6. The number of nitrogens with one attached hydrogen (secondary N) is 2. The zero-order valence-electron chi connectivity index (χ0n) is 10.00. The average molecular weight is 219 g/mol. The van der Waals surface area contributed by atoms with Gasteiger partial charge in [-0.15, -0.1) is 0 Å². The van der Waals surface area contributed by atoms with Crippen molar-refractivity contribution in [2.24, 2.45) is 5.92 Å². The van der Waals surface area contributed by atoms with E-state index in [2.05, 4.69) is 28.6 Å². The van der Waals surface area contributed by atoms with E-state index in [0.717, 1.165) is 30.4 Å². The van der Waals surface area contributed by atoms with Crippen LogP contribution >= 0.6 is 0 Å². The Morgan fingerprint density at radius 1 is 1.25 bits per heavy atom. The molecule has 1 aromatic heterocycles. The Morgan fingerprint density at radius 2 is 2.00 bits per heavy atom. The summed E-state index contributed by atoms with van der Waals surface area (Å²) in [5.41, 5.74) is 2.22. The number of aromatic nitrogens is 1. The minimum absolute atomic E-state index is 0.938. The number of nitrogens with zero attached hydrogens (tertiary/aromatic N) is 1. The third-order valence-corrected chi connectivity index (χ3v) is 3.23. The summed E-state index contributed by atoms with van der Waals surface area (Å²) in [5, 5.41) is 6.71. The smallest absolute Gasteiger partial charge is 0.0547 e. The van der Waals surface area contributed by atoms with E-state index in [9.17, 15) is 0 Å². The van der Waals surface area contributed by atoms with Gasteiger partial charge in [-0.05, 0) is 25.3 Å². The summed E-state index contributed by atoms with van der Waals surface area (Å²) in [6.07, 6.45) is 9.34. The van der Waals surface area contributed by atoms with Crippen molar-refractivity contribution >= 4 is 11.4 Å². The van der Waals surface area contributed by atoms with Crippen molar-refractivity contribution < 1.29 is 0 Å². The maximum atomic E-state index is 4.21. The first-order valence-electron chi connectivity index (χ1n) is 6.31. The maximum absolute atomic E-state index is 4.21. The number of hydrogen-bond donors (Lipinski definition) is 2. The summed E-state index contributed by atoms with van der Waals surface area (Å²) in [6.45, 7) is 4.10. The molecule has 1 aromatic rings. The molecule has 16 heavy (non-hydrogen) atoms. The molecule has 0 atom stereocenters. The van der Waals surface area contributed by atoms with Gasteiger partial charge in [-0.25, -0.2) is 0 Å². The molecular weight excluding hydrogens is 198 g/mol. The Balaban J connectivity index is 1.76. The van der Waals surface area contributed by atoms with Gasteiger partial charge in [0.2, 0.25) is 0 Å². The predicted octanol–water partition coefficient (Wildman–Crippen LogP) is 3.12. The zero-order chi connectivity index (χ0) is 11.2. The number of rotatable bonds is 6. The Labute approximate surface area is 97.7 Å². The zero-order valence-corrected chi connectivity index (χ0v) is 10.00. The van der Waals surface area contributed by atoms with Crippen molar-refractivity contribution in [2.75, 3.05) is 23.7 Å². The lowest BCUT2D eigenvalue weighted by Crippen LogP contribution is -2.15. The van der Waals surface area contributed by atoms with Gasteiger partial charge in [0.25, 0.3) is 0 Å². The molecule has 1 aliphatic rings. The van der Waals surface area contributed by atoms with Crippen LogP contribution in [-0.4, -0.2) is 18.1 Å². The van der Waals surface area contributed by atoms with Crippen molar-refractivity contribution in [2.45, 2.75) is 32.6 Å². The molecule has 1 fully saturated rings. The topological polar surface area (TPSA) is 37.0 Å². The fourth-order valence-electron chi connectivity index (χ4n) is 2.04. The van der Waals surface area contributed by atoms with Crippen LogP contribution < -0.4 is 10.6 Å². The van der Waals surface area contributed by atoms with Crippen molar-refractivity contribution in [1.82, 2.24) is 4.98 Å². The highest BCUT2D eigenvalue weighted by atomic mass is 14.9. The van der Waals surface area contributed by atoms with Gasteiger partial charge in [0.05, 0.1) is 23.8 Å². The highest BCUT2D eigenvalue weighted by molar-refractivity contribution is 5.53. The van der Waals surface area contributed by atoms with Crippen LogP contribution in [0.4, 0.5) is 11.4 Å². The summed E-state index contributed by atoms with van der Waals surface area (Å²) >= 11 is 0. The van der Waals surface area contributed by atoms with E-state index in [1.165, 1.54) is 25.7 Å². The van der Waals surface area contributed by atoms with Gasteiger partial charge in [0.1, 0.15) is 0 Å². The van der Waals surface area contributed by atoms with Crippen LogP contribution in [0.5, 0.6) is 0 Å². The third-order valence-electron chi connectivity index (χ3n) is 3.23. The highest BCUT2D eigenvalue weighted by Gasteiger charge is 2.16. The van der Waals surface area contributed by atoms with Crippen LogP contribution in [0.25, 0.3) is 0 Å². The number of pyridine rings is 1. The van der Waals surface area contributed by atoms with E-state index < -0.39 is 0 Å². The predicted molar refractivity (Wildman–Crippen MR) is 68.8 cm³/mol. The summed E-state index contributed by atoms with van der Waals surface area (Å²) in [7, 11) is 0. The second-order valence-electron chi connectivity index (χ2n) is 4.51. The second-order valence-corrected chi connectivity index (χ2v) is 4.51. The molecule has 1 aliphatic carbocycles.